The maximum absolute atomic E-state index is 6.03. The third-order valence-corrected chi connectivity index (χ3v) is 3.63. The summed E-state index contributed by atoms with van der Waals surface area (Å²) in [6.07, 6.45) is 0. The minimum absolute atomic E-state index is 0.216. The summed E-state index contributed by atoms with van der Waals surface area (Å²) in [7, 11) is 0. The van der Waals surface area contributed by atoms with Crippen molar-refractivity contribution in [3.8, 4) is 0 Å². The summed E-state index contributed by atoms with van der Waals surface area (Å²) in [5.74, 6) is 0.580. The Hall–Kier alpha value is -2.24. The Bertz CT molecular complexity index is 554. The summed E-state index contributed by atoms with van der Waals surface area (Å²) in [4.78, 5) is 12.6. The van der Waals surface area contributed by atoms with E-state index in [1.54, 1.807) is 0 Å². The molecular formula is C15H24N6. The third-order valence-electron chi connectivity index (χ3n) is 3.63. The first-order valence-electron chi connectivity index (χ1n) is 7.23. The number of nitrogens with zero attached hydrogens (tertiary/aromatic N) is 4. The van der Waals surface area contributed by atoms with Gasteiger partial charge in [-0.2, -0.15) is 4.99 Å². The summed E-state index contributed by atoms with van der Waals surface area (Å²) >= 11 is 0. The maximum Gasteiger partial charge on any atom is 0.220 e. The number of rotatable bonds is 4. The van der Waals surface area contributed by atoms with E-state index in [4.69, 9.17) is 11.5 Å². The van der Waals surface area contributed by atoms with Crippen molar-refractivity contribution in [1.29, 1.82) is 0 Å². The van der Waals surface area contributed by atoms with Gasteiger partial charge in [-0.05, 0) is 52.0 Å². The molecule has 2 rings (SSSR count). The molecule has 21 heavy (non-hydrogen) atoms. The first-order valence-corrected chi connectivity index (χ1v) is 7.23. The number of guanidine groups is 2. The van der Waals surface area contributed by atoms with Gasteiger partial charge in [-0.15, -0.1) is 0 Å². The Morgan fingerprint density at radius 3 is 2.14 bits per heavy atom. The molecular weight excluding hydrogens is 264 g/mol. The zero-order valence-corrected chi connectivity index (χ0v) is 13.2. The largest absolute Gasteiger partial charge is 0.372 e. The Labute approximate surface area is 126 Å². The van der Waals surface area contributed by atoms with Crippen LogP contribution in [0.3, 0.4) is 0 Å². The van der Waals surface area contributed by atoms with Crippen LogP contribution in [-0.4, -0.2) is 30.7 Å². The molecule has 0 amide bonds. The van der Waals surface area contributed by atoms with Gasteiger partial charge in [0.05, 0.1) is 0 Å². The second-order valence-corrected chi connectivity index (χ2v) is 5.46. The van der Waals surface area contributed by atoms with Gasteiger partial charge in [0.2, 0.25) is 11.9 Å². The van der Waals surface area contributed by atoms with Gasteiger partial charge in [-0.1, -0.05) is 0 Å². The normalized spacial score (nSPS) is 17.2. The summed E-state index contributed by atoms with van der Waals surface area (Å²) in [6.45, 7) is 10.2. The molecule has 0 atom stereocenters. The highest BCUT2D eigenvalue weighted by Gasteiger charge is 2.32. The molecule has 0 saturated carbocycles. The van der Waals surface area contributed by atoms with Crippen LogP contribution in [-0.2, 0) is 0 Å². The number of nitrogens with two attached hydrogens (primary N) is 2. The first kappa shape index (κ1) is 15.2. The van der Waals surface area contributed by atoms with E-state index in [0.717, 1.165) is 18.8 Å². The number of anilines is 2. The zero-order valence-electron chi connectivity index (χ0n) is 13.2. The van der Waals surface area contributed by atoms with E-state index in [2.05, 4.69) is 40.9 Å². The van der Waals surface area contributed by atoms with Crippen LogP contribution in [0.15, 0.2) is 34.3 Å². The highest BCUT2D eigenvalue weighted by molar-refractivity contribution is 6.05. The van der Waals surface area contributed by atoms with Crippen LogP contribution in [0.1, 0.15) is 27.7 Å². The number of benzene rings is 1. The van der Waals surface area contributed by atoms with Crippen LogP contribution in [0.4, 0.5) is 11.4 Å². The molecule has 6 heteroatoms. The molecule has 0 fully saturated rings. The quantitative estimate of drug-likeness (QED) is 0.883. The predicted octanol–water partition coefficient (Wildman–Crippen LogP) is 1.72. The summed E-state index contributed by atoms with van der Waals surface area (Å²) < 4.78 is 0. The molecule has 6 nitrogen and oxygen atoms in total. The average Bonchev–Trinajstić information content (AvgIpc) is 2.39. The van der Waals surface area contributed by atoms with E-state index in [1.807, 2.05) is 30.9 Å². The minimum Gasteiger partial charge on any atom is -0.372 e. The lowest BCUT2D eigenvalue weighted by Gasteiger charge is -2.38. The second kappa shape index (κ2) is 5.63. The van der Waals surface area contributed by atoms with Gasteiger partial charge in [0.15, 0.2) is 0 Å². The van der Waals surface area contributed by atoms with Crippen molar-refractivity contribution in [1.82, 2.24) is 0 Å². The Balaban J connectivity index is 2.33. The van der Waals surface area contributed by atoms with Crippen LogP contribution in [0.5, 0.6) is 0 Å². The topological polar surface area (TPSA) is 83.2 Å². The molecule has 1 aromatic rings. The van der Waals surface area contributed by atoms with Crippen molar-refractivity contribution in [2.45, 2.75) is 33.4 Å². The van der Waals surface area contributed by atoms with E-state index in [9.17, 15) is 0 Å². The van der Waals surface area contributed by atoms with Crippen LogP contribution >= 0.6 is 0 Å². The van der Waals surface area contributed by atoms with Gasteiger partial charge in [0.25, 0.3) is 0 Å². The SMILES string of the molecule is CCN(CC)c1ccc(N2C(N)=NC(N)=NC2(C)C)cc1. The molecule has 114 valence electrons. The molecule has 0 radical (unpaired) electrons. The molecule has 0 saturated heterocycles. The van der Waals surface area contributed by atoms with E-state index >= 15 is 0 Å². The van der Waals surface area contributed by atoms with Gasteiger partial charge in [0.1, 0.15) is 5.66 Å². The van der Waals surface area contributed by atoms with Crippen molar-refractivity contribution in [3.63, 3.8) is 0 Å². The number of aliphatic imine (C=N–C) groups is 2. The molecule has 0 aliphatic carbocycles. The van der Waals surface area contributed by atoms with Crippen molar-refractivity contribution in [2.75, 3.05) is 22.9 Å². The third kappa shape index (κ3) is 2.94. The van der Waals surface area contributed by atoms with E-state index < -0.39 is 5.66 Å². The van der Waals surface area contributed by atoms with Crippen molar-refractivity contribution in [2.24, 2.45) is 21.5 Å². The summed E-state index contributed by atoms with van der Waals surface area (Å²) in [5.41, 5.74) is 13.3. The van der Waals surface area contributed by atoms with Crippen molar-refractivity contribution < 1.29 is 0 Å². The predicted molar refractivity (Wildman–Crippen MR) is 89.8 cm³/mol. The van der Waals surface area contributed by atoms with Gasteiger partial charge in [-0.25, -0.2) is 4.99 Å². The Morgan fingerprint density at radius 2 is 1.67 bits per heavy atom. The van der Waals surface area contributed by atoms with Crippen LogP contribution in [0, 0.1) is 0 Å². The summed E-state index contributed by atoms with van der Waals surface area (Å²) in [6, 6.07) is 8.25. The average molecular weight is 288 g/mol. The minimum atomic E-state index is -0.549. The molecule has 0 bridgehead atoms. The maximum atomic E-state index is 6.03. The van der Waals surface area contributed by atoms with E-state index in [1.165, 1.54) is 5.69 Å². The fourth-order valence-corrected chi connectivity index (χ4v) is 2.65. The van der Waals surface area contributed by atoms with Gasteiger partial charge in [0, 0.05) is 24.5 Å². The molecule has 0 unspecified atom stereocenters. The smallest absolute Gasteiger partial charge is 0.220 e. The van der Waals surface area contributed by atoms with Crippen LogP contribution in [0.2, 0.25) is 0 Å². The van der Waals surface area contributed by atoms with Crippen molar-refractivity contribution >= 4 is 23.3 Å². The lowest BCUT2D eigenvalue weighted by atomic mass is 10.1. The number of hydrogen-bond acceptors (Lipinski definition) is 6. The molecule has 0 spiro atoms. The lowest BCUT2D eigenvalue weighted by Crippen LogP contribution is -2.54. The molecule has 1 aliphatic heterocycles. The van der Waals surface area contributed by atoms with Gasteiger partial charge in [-0.3, -0.25) is 4.90 Å². The van der Waals surface area contributed by atoms with Crippen LogP contribution < -0.4 is 21.3 Å². The van der Waals surface area contributed by atoms with E-state index in [0.29, 0.717) is 5.96 Å². The van der Waals surface area contributed by atoms with Crippen molar-refractivity contribution in [3.05, 3.63) is 24.3 Å². The highest BCUT2D eigenvalue weighted by Crippen LogP contribution is 2.29. The van der Waals surface area contributed by atoms with Gasteiger partial charge < -0.3 is 16.4 Å². The summed E-state index contributed by atoms with van der Waals surface area (Å²) in [5, 5.41) is 0. The standard InChI is InChI=1S/C15H24N6/c1-5-20(6-2)11-7-9-12(10-8-11)21-14(17)18-13(16)19-15(21,3)4/h7-10H,5-6H2,1-4H3,(H4,16,17,18,19). The fraction of sp³-hybridized carbons (Fsp3) is 0.467. The second-order valence-electron chi connectivity index (χ2n) is 5.46. The first-order chi connectivity index (χ1) is 9.89. The molecule has 0 aromatic heterocycles. The van der Waals surface area contributed by atoms with E-state index in [-0.39, 0.29) is 5.96 Å². The number of hydrogen-bond donors (Lipinski definition) is 2. The molecule has 1 heterocycles. The molecule has 1 aromatic carbocycles. The fourth-order valence-electron chi connectivity index (χ4n) is 2.65. The van der Waals surface area contributed by atoms with Crippen LogP contribution in [0.25, 0.3) is 0 Å². The zero-order chi connectivity index (χ0) is 15.6. The lowest BCUT2D eigenvalue weighted by molar-refractivity contribution is 0.534. The molecule has 1 aliphatic rings. The van der Waals surface area contributed by atoms with Gasteiger partial charge >= 0.3 is 0 Å². The Kier molecular flexibility index (Phi) is 4.06. The monoisotopic (exact) mass is 288 g/mol. The Morgan fingerprint density at radius 1 is 1.10 bits per heavy atom. The molecule has 4 N–H and O–H groups in total. The highest BCUT2D eigenvalue weighted by atomic mass is 15.4.